The van der Waals surface area contributed by atoms with E-state index in [1.165, 1.54) is 6.92 Å². The van der Waals surface area contributed by atoms with E-state index in [2.05, 4.69) is 10.2 Å². The second-order valence-corrected chi connectivity index (χ2v) is 6.42. The van der Waals surface area contributed by atoms with Gasteiger partial charge in [-0.2, -0.15) is 0 Å². The number of rotatable bonds is 5. The number of nitrogens with one attached hydrogen (secondary N) is 1. The van der Waals surface area contributed by atoms with Crippen molar-refractivity contribution in [3.63, 3.8) is 0 Å². The molecule has 1 aliphatic heterocycles. The van der Waals surface area contributed by atoms with Crippen LogP contribution in [0.4, 0.5) is 0 Å². The van der Waals surface area contributed by atoms with Crippen molar-refractivity contribution in [3.05, 3.63) is 28.8 Å². The van der Waals surface area contributed by atoms with Crippen LogP contribution >= 0.6 is 11.6 Å². The van der Waals surface area contributed by atoms with Crippen LogP contribution in [0.1, 0.15) is 19.4 Å². The molecular weight excluding hydrogens is 330 g/mol. The molecule has 132 valence electrons. The number of methoxy groups -OCH3 is 1. The summed E-state index contributed by atoms with van der Waals surface area (Å²) in [7, 11) is 1.65. The number of carbonyl (C=O) groups excluding carboxylic acids is 2. The van der Waals surface area contributed by atoms with Gasteiger partial charge in [0.25, 0.3) is 0 Å². The molecule has 1 heterocycles. The van der Waals surface area contributed by atoms with Gasteiger partial charge in [0, 0.05) is 50.2 Å². The molecule has 0 aliphatic carbocycles. The van der Waals surface area contributed by atoms with Gasteiger partial charge in [-0.05, 0) is 25.1 Å². The molecule has 0 radical (unpaired) electrons. The van der Waals surface area contributed by atoms with Gasteiger partial charge >= 0.3 is 0 Å². The number of piperazine rings is 1. The molecule has 6 nitrogen and oxygen atoms in total. The monoisotopic (exact) mass is 353 g/mol. The minimum absolute atomic E-state index is 0.0369. The summed E-state index contributed by atoms with van der Waals surface area (Å²) in [4.78, 5) is 27.4. The summed E-state index contributed by atoms with van der Waals surface area (Å²) in [5.74, 6) is 0.588. The van der Waals surface area contributed by atoms with Crippen LogP contribution in [0, 0.1) is 0 Å². The lowest BCUT2D eigenvalue weighted by atomic mass is 10.1. The van der Waals surface area contributed by atoms with Crippen molar-refractivity contribution in [3.8, 4) is 5.75 Å². The van der Waals surface area contributed by atoms with Gasteiger partial charge in [-0.3, -0.25) is 14.5 Å². The SMILES string of the molecule is COc1ccc(Cl)cc1CN1CCN(C(=O)C(C)NC(C)=O)CC1. The van der Waals surface area contributed by atoms with E-state index >= 15 is 0 Å². The lowest BCUT2D eigenvalue weighted by molar-refractivity contribution is -0.137. The third kappa shape index (κ3) is 4.85. The third-order valence-corrected chi connectivity index (χ3v) is 4.35. The zero-order valence-corrected chi connectivity index (χ0v) is 15.1. The number of benzene rings is 1. The minimum Gasteiger partial charge on any atom is -0.496 e. The van der Waals surface area contributed by atoms with E-state index in [1.54, 1.807) is 18.9 Å². The first-order valence-electron chi connectivity index (χ1n) is 8.01. The quantitative estimate of drug-likeness (QED) is 0.871. The summed E-state index contributed by atoms with van der Waals surface area (Å²) in [6.07, 6.45) is 0. The number of hydrogen-bond donors (Lipinski definition) is 1. The van der Waals surface area contributed by atoms with E-state index in [4.69, 9.17) is 16.3 Å². The summed E-state index contributed by atoms with van der Waals surface area (Å²) < 4.78 is 5.38. The summed E-state index contributed by atoms with van der Waals surface area (Å²) in [6, 6.07) is 5.11. The largest absolute Gasteiger partial charge is 0.496 e. The van der Waals surface area contributed by atoms with Crippen molar-refractivity contribution in [2.45, 2.75) is 26.4 Å². The number of amides is 2. The van der Waals surface area contributed by atoms with Crippen molar-refractivity contribution in [1.29, 1.82) is 0 Å². The molecule has 7 heteroatoms. The van der Waals surface area contributed by atoms with Crippen LogP contribution in [0.25, 0.3) is 0 Å². The van der Waals surface area contributed by atoms with Crippen molar-refractivity contribution >= 4 is 23.4 Å². The second kappa shape index (κ2) is 8.35. The maximum atomic E-state index is 12.3. The molecule has 24 heavy (non-hydrogen) atoms. The molecule has 2 amide bonds. The highest BCUT2D eigenvalue weighted by molar-refractivity contribution is 6.30. The second-order valence-electron chi connectivity index (χ2n) is 5.98. The Bertz CT molecular complexity index is 601. The zero-order valence-electron chi connectivity index (χ0n) is 14.3. The maximum Gasteiger partial charge on any atom is 0.244 e. The van der Waals surface area contributed by atoms with Gasteiger partial charge in [-0.15, -0.1) is 0 Å². The molecule has 1 N–H and O–H groups in total. The highest BCUT2D eigenvalue weighted by atomic mass is 35.5. The van der Waals surface area contributed by atoms with Crippen LogP contribution < -0.4 is 10.1 Å². The highest BCUT2D eigenvalue weighted by Crippen LogP contribution is 2.24. The fraction of sp³-hybridized carbons (Fsp3) is 0.529. The molecule has 0 saturated carbocycles. The molecule has 1 aromatic carbocycles. The Labute approximate surface area is 147 Å². The average molecular weight is 354 g/mol. The van der Waals surface area contributed by atoms with Gasteiger partial charge in [-0.25, -0.2) is 0 Å². The van der Waals surface area contributed by atoms with Crippen molar-refractivity contribution < 1.29 is 14.3 Å². The normalized spacial score (nSPS) is 16.6. The Morgan fingerprint density at radius 1 is 1.29 bits per heavy atom. The highest BCUT2D eigenvalue weighted by Gasteiger charge is 2.25. The molecule has 0 spiro atoms. The van der Waals surface area contributed by atoms with E-state index in [-0.39, 0.29) is 11.8 Å². The predicted octanol–water partition coefficient (Wildman–Crippen LogP) is 1.52. The van der Waals surface area contributed by atoms with E-state index in [9.17, 15) is 9.59 Å². The first-order valence-corrected chi connectivity index (χ1v) is 8.39. The fourth-order valence-corrected chi connectivity index (χ4v) is 3.07. The van der Waals surface area contributed by atoms with Crippen LogP contribution in [0.2, 0.25) is 5.02 Å². The van der Waals surface area contributed by atoms with Crippen molar-refractivity contribution in [2.24, 2.45) is 0 Å². The lowest BCUT2D eigenvalue weighted by Gasteiger charge is -2.36. The zero-order chi connectivity index (χ0) is 17.7. The molecule has 1 unspecified atom stereocenters. The first kappa shape index (κ1) is 18.5. The smallest absolute Gasteiger partial charge is 0.244 e. The van der Waals surface area contributed by atoms with Gasteiger partial charge in [0.15, 0.2) is 0 Å². The molecule has 0 bridgehead atoms. The Kier molecular flexibility index (Phi) is 6.45. The van der Waals surface area contributed by atoms with Crippen LogP contribution in [0.3, 0.4) is 0 Å². The van der Waals surface area contributed by atoms with Gasteiger partial charge < -0.3 is 15.0 Å². The molecule has 1 saturated heterocycles. The molecule has 1 aromatic rings. The third-order valence-electron chi connectivity index (χ3n) is 4.11. The standard InChI is InChI=1S/C17H24ClN3O3/c1-12(19-13(2)22)17(23)21-8-6-20(7-9-21)11-14-10-15(18)4-5-16(14)24-3/h4-5,10,12H,6-9,11H2,1-3H3,(H,19,22). The molecule has 1 atom stereocenters. The van der Waals surface area contributed by atoms with E-state index in [0.717, 1.165) is 30.9 Å². The minimum atomic E-state index is -0.484. The summed E-state index contributed by atoms with van der Waals surface area (Å²) in [6.45, 7) is 6.69. The van der Waals surface area contributed by atoms with Crippen LogP contribution in [-0.4, -0.2) is 60.9 Å². The van der Waals surface area contributed by atoms with E-state index < -0.39 is 6.04 Å². The Hall–Kier alpha value is -1.79. The van der Waals surface area contributed by atoms with Gasteiger partial charge in [0.05, 0.1) is 7.11 Å². The number of nitrogens with zero attached hydrogens (tertiary/aromatic N) is 2. The molecule has 2 rings (SSSR count). The Morgan fingerprint density at radius 2 is 1.96 bits per heavy atom. The van der Waals surface area contributed by atoms with E-state index in [1.807, 2.05) is 18.2 Å². The Balaban J connectivity index is 1.90. The number of carbonyl (C=O) groups is 2. The lowest BCUT2D eigenvalue weighted by Crippen LogP contribution is -2.53. The topological polar surface area (TPSA) is 61.9 Å². The van der Waals surface area contributed by atoms with Crippen LogP contribution in [-0.2, 0) is 16.1 Å². The van der Waals surface area contributed by atoms with Gasteiger partial charge in [-0.1, -0.05) is 11.6 Å². The van der Waals surface area contributed by atoms with E-state index in [0.29, 0.717) is 18.1 Å². The van der Waals surface area contributed by atoms with Gasteiger partial charge in [0.2, 0.25) is 11.8 Å². The van der Waals surface area contributed by atoms with Gasteiger partial charge in [0.1, 0.15) is 11.8 Å². The summed E-state index contributed by atoms with van der Waals surface area (Å²) >= 11 is 6.07. The van der Waals surface area contributed by atoms with Crippen molar-refractivity contribution in [1.82, 2.24) is 15.1 Å². The average Bonchev–Trinajstić information content (AvgIpc) is 2.54. The molecule has 1 aliphatic rings. The molecule has 1 fully saturated rings. The predicted molar refractivity (Wildman–Crippen MR) is 93.1 cm³/mol. The number of ether oxygens (including phenoxy) is 1. The Morgan fingerprint density at radius 3 is 2.54 bits per heavy atom. The molecular formula is C17H24ClN3O3. The first-order chi connectivity index (χ1) is 11.4. The molecule has 0 aromatic heterocycles. The van der Waals surface area contributed by atoms with Crippen LogP contribution in [0.5, 0.6) is 5.75 Å². The number of hydrogen-bond acceptors (Lipinski definition) is 4. The van der Waals surface area contributed by atoms with Crippen molar-refractivity contribution in [2.75, 3.05) is 33.3 Å². The van der Waals surface area contributed by atoms with Crippen LogP contribution in [0.15, 0.2) is 18.2 Å². The summed E-state index contributed by atoms with van der Waals surface area (Å²) in [5.41, 5.74) is 1.04. The fourth-order valence-electron chi connectivity index (χ4n) is 2.88. The number of halogens is 1. The summed E-state index contributed by atoms with van der Waals surface area (Å²) in [5, 5.41) is 3.32. The maximum absolute atomic E-state index is 12.3.